The van der Waals surface area contributed by atoms with Crippen molar-refractivity contribution in [3.63, 3.8) is 0 Å². The van der Waals surface area contributed by atoms with E-state index in [2.05, 4.69) is 0 Å². The molecule has 6 nitrogen and oxygen atoms in total. The normalized spacial score (nSPS) is 22.6. The molecule has 1 fully saturated rings. The number of benzene rings is 1. The minimum atomic E-state index is -4.14. The fourth-order valence-corrected chi connectivity index (χ4v) is 4.16. The fourth-order valence-electron chi connectivity index (χ4n) is 2.55. The highest BCUT2D eigenvalue weighted by Crippen LogP contribution is 2.33. The Labute approximate surface area is 123 Å². The summed E-state index contributed by atoms with van der Waals surface area (Å²) in [5.41, 5.74) is 0.878. The Bertz CT molecular complexity index is 665. The van der Waals surface area contributed by atoms with Gasteiger partial charge in [-0.1, -0.05) is 31.0 Å². The van der Waals surface area contributed by atoms with E-state index in [4.69, 9.17) is 0 Å². The molecule has 114 valence electrons. The summed E-state index contributed by atoms with van der Waals surface area (Å²) in [7, 11) is -4.14. The van der Waals surface area contributed by atoms with E-state index >= 15 is 0 Å². The molecule has 0 unspecified atom stereocenters. The lowest BCUT2D eigenvalue weighted by molar-refractivity contribution is -0.144. The van der Waals surface area contributed by atoms with Crippen LogP contribution in [0.4, 0.5) is 0 Å². The molecule has 1 aromatic carbocycles. The molecule has 0 saturated carbocycles. The standard InChI is InChI=1S/C14H17NO5S/c1-3-10-8-12(16)15(13(10)14(17)18)21(19,20)11-6-4-9(2)5-7-11/h4-7,10,13H,3,8H2,1-2H3,(H,17,18)/t10-,13+/m1/s1. The lowest BCUT2D eigenvalue weighted by Gasteiger charge is -2.23. The second-order valence-corrected chi connectivity index (χ2v) is 6.98. The number of rotatable bonds is 4. The number of amides is 1. The smallest absolute Gasteiger partial charge is 0.327 e. The number of aliphatic carboxylic acids is 1. The molecule has 1 N–H and O–H groups in total. The number of carbonyl (C=O) groups excluding carboxylic acids is 1. The highest BCUT2D eigenvalue weighted by atomic mass is 32.2. The summed E-state index contributed by atoms with van der Waals surface area (Å²) in [4.78, 5) is 23.4. The van der Waals surface area contributed by atoms with E-state index in [-0.39, 0.29) is 11.3 Å². The molecule has 0 aromatic heterocycles. The van der Waals surface area contributed by atoms with Gasteiger partial charge in [0.1, 0.15) is 6.04 Å². The van der Waals surface area contributed by atoms with Gasteiger partial charge in [0.15, 0.2) is 0 Å². The van der Waals surface area contributed by atoms with Gasteiger partial charge < -0.3 is 5.11 Å². The molecule has 2 atom stereocenters. The average Bonchev–Trinajstić information content (AvgIpc) is 2.77. The molecule has 1 aliphatic heterocycles. The summed E-state index contributed by atoms with van der Waals surface area (Å²) in [6.07, 6.45) is 0.376. The maximum atomic E-state index is 12.6. The van der Waals surface area contributed by atoms with Crippen LogP contribution < -0.4 is 0 Å². The molecule has 1 aromatic rings. The molecule has 1 aliphatic rings. The first-order valence-electron chi connectivity index (χ1n) is 6.65. The van der Waals surface area contributed by atoms with Gasteiger partial charge in [0, 0.05) is 6.42 Å². The number of carboxylic acids is 1. The van der Waals surface area contributed by atoms with E-state index in [9.17, 15) is 23.1 Å². The monoisotopic (exact) mass is 311 g/mol. The Morgan fingerprint density at radius 3 is 2.38 bits per heavy atom. The molecule has 21 heavy (non-hydrogen) atoms. The predicted octanol–water partition coefficient (Wildman–Crippen LogP) is 1.40. The fraction of sp³-hybridized carbons (Fsp3) is 0.429. The Morgan fingerprint density at radius 1 is 1.33 bits per heavy atom. The molecule has 0 aliphatic carbocycles. The molecule has 1 saturated heterocycles. The van der Waals surface area contributed by atoms with Crippen LogP contribution in [0.15, 0.2) is 29.2 Å². The van der Waals surface area contributed by atoms with Crippen LogP contribution in [0.5, 0.6) is 0 Å². The second kappa shape index (κ2) is 5.48. The van der Waals surface area contributed by atoms with Gasteiger partial charge in [-0.05, 0) is 25.0 Å². The lowest BCUT2D eigenvalue weighted by atomic mass is 9.98. The minimum Gasteiger partial charge on any atom is -0.480 e. The second-order valence-electron chi connectivity index (χ2n) is 5.16. The number of nitrogens with zero attached hydrogens (tertiary/aromatic N) is 1. The van der Waals surface area contributed by atoms with E-state index in [0.29, 0.717) is 10.7 Å². The third kappa shape index (κ3) is 2.65. The summed E-state index contributed by atoms with van der Waals surface area (Å²) < 4.78 is 25.7. The minimum absolute atomic E-state index is 0.0570. The Kier molecular flexibility index (Phi) is 4.04. The van der Waals surface area contributed by atoms with E-state index in [1.165, 1.54) is 12.1 Å². The first kappa shape index (κ1) is 15.5. The molecular weight excluding hydrogens is 294 g/mol. The zero-order chi connectivity index (χ0) is 15.8. The quantitative estimate of drug-likeness (QED) is 0.907. The van der Waals surface area contributed by atoms with Crippen LogP contribution in [-0.2, 0) is 19.6 Å². The molecule has 0 bridgehead atoms. The molecule has 1 heterocycles. The number of carboxylic acid groups (broad SMARTS) is 1. The van der Waals surface area contributed by atoms with Crippen molar-refractivity contribution >= 4 is 21.9 Å². The third-order valence-corrected chi connectivity index (χ3v) is 5.55. The maximum Gasteiger partial charge on any atom is 0.327 e. The summed E-state index contributed by atoms with van der Waals surface area (Å²) in [6, 6.07) is 4.67. The lowest BCUT2D eigenvalue weighted by Crippen LogP contribution is -2.44. The van der Waals surface area contributed by atoms with Gasteiger partial charge in [-0.2, -0.15) is 0 Å². The van der Waals surface area contributed by atoms with Crippen molar-refractivity contribution < 1.29 is 23.1 Å². The zero-order valence-electron chi connectivity index (χ0n) is 11.8. The number of aryl methyl sites for hydroxylation is 1. The van der Waals surface area contributed by atoms with Gasteiger partial charge in [0.2, 0.25) is 5.91 Å². The molecule has 2 rings (SSSR count). The molecular formula is C14H17NO5S. The van der Waals surface area contributed by atoms with Gasteiger partial charge in [-0.25, -0.2) is 17.5 Å². The average molecular weight is 311 g/mol. The topological polar surface area (TPSA) is 91.8 Å². The van der Waals surface area contributed by atoms with Crippen molar-refractivity contribution in [1.82, 2.24) is 4.31 Å². The Balaban J connectivity index is 2.49. The van der Waals surface area contributed by atoms with Crippen molar-refractivity contribution in [2.45, 2.75) is 37.6 Å². The van der Waals surface area contributed by atoms with E-state index < -0.39 is 33.9 Å². The summed E-state index contributed by atoms with van der Waals surface area (Å²) in [6.45, 7) is 3.56. The Hall–Kier alpha value is -1.89. The molecule has 7 heteroatoms. The summed E-state index contributed by atoms with van der Waals surface area (Å²) >= 11 is 0. The SMILES string of the molecule is CC[C@@H]1CC(=O)N(S(=O)(=O)c2ccc(C)cc2)[C@@H]1C(=O)O. The van der Waals surface area contributed by atoms with Crippen LogP contribution >= 0.6 is 0 Å². The number of carbonyl (C=O) groups is 2. The van der Waals surface area contributed by atoms with Crippen molar-refractivity contribution in [1.29, 1.82) is 0 Å². The van der Waals surface area contributed by atoms with Crippen molar-refractivity contribution in [2.24, 2.45) is 5.92 Å². The van der Waals surface area contributed by atoms with Crippen LogP contribution in [0.1, 0.15) is 25.3 Å². The number of hydrogen-bond donors (Lipinski definition) is 1. The summed E-state index contributed by atoms with van der Waals surface area (Å²) in [5, 5.41) is 9.30. The van der Waals surface area contributed by atoms with Crippen molar-refractivity contribution in [3.8, 4) is 0 Å². The van der Waals surface area contributed by atoms with Gasteiger partial charge in [0.05, 0.1) is 4.90 Å². The Morgan fingerprint density at radius 2 is 1.90 bits per heavy atom. The number of sulfonamides is 1. The van der Waals surface area contributed by atoms with Gasteiger partial charge in [-0.3, -0.25) is 4.79 Å². The zero-order valence-corrected chi connectivity index (χ0v) is 12.6. The van der Waals surface area contributed by atoms with Gasteiger partial charge in [0.25, 0.3) is 10.0 Å². The highest BCUT2D eigenvalue weighted by molar-refractivity contribution is 7.89. The van der Waals surface area contributed by atoms with E-state index in [1.807, 2.05) is 6.92 Å². The first-order chi connectivity index (χ1) is 9.78. The van der Waals surface area contributed by atoms with Crippen molar-refractivity contribution in [3.05, 3.63) is 29.8 Å². The van der Waals surface area contributed by atoms with Crippen LogP contribution in [0.3, 0.4) is 0 Å². The van der Waals surface area contributed by atoms with Gasteiger partial charge >= 0.3 is 5.97 Å². The van der Waals surface area contributed by atoms with Crippen LogP contribution in [0, 0.1) is 12.8 Å². The van der Waals surface area contributed by atoms with E-state index in [1.54, 1.807) is 19.1 Å². The largest absolute Gasteiger partial charge is 0.480 e. The molecule has 1 amide bonds. The van der Waals surface area contributed by atoms with Crippen LogP contribution in [0.2, 0.25) is 0 Å². The predicted molar refractivity (Wildman–Crippen MR) is 75.0 cm³/mol. The molecule has 0 spiro atoms. The summed E-state index contributed by atoms with van der Waals surface area (Å²) in [5.74, 6) is -2.44. The maximum absolute atomic E-state index is 12.6. The molecule has 0 radical (unpaired) electrons. The van der Waals surface area contributed by atoms with Crippen LogP contribution in [-0.4, -0.2) is 35.7 Å². The first-order valence-corrected chi connectivity index (χ1v) is 8.09. The van der Waals surface area contributed by atoms with Crippen molar-refractivity contribution in [2.75, 3.05) is 0 Å². The van der Waals surface area contributed by atoms with E-state index in [0.717, 1.165) is 5.56 Å². The number of hydrogen-bond acceptors (Lipinski definition) is 4. The van der Waals surface area contributed by atoms with Crippen LogP contribution in [0.25, 0.3) is 0 Å². The van der Waals surface area contributed by atoms with Gasteiger partial charge in [-0.15, -0.1) is 0 Å². The highest BCUT2D eigenvalue weighted by Gasteiger charge is 2.49. The third-order valence-electron chi connectivity index (χ3n) is 3.74.